The molecule has 0 aliphatic rings. The van der Waals surface area contributed by atoms with Crippen LogP contribution in [0.5, 0.6) is 0 Å². The lowest BCUT2D eigenvalue weighted by molar-refractivity contribution is 0.0487. The molecule has 1 aromatic heterocycles. The van der Waals surface area contributed by atoms with E-state index in [4.69, 9.17) is 9.15 Å². The average molecular weight is 427 g/mol. The summed E-state index contributed by atoms with van der Waals surface area (Å²) < 4.78 is 49.5. The fourth-order valence-corrected chi connectivity index (χ4v) is 3.66. The molecule has 0 spiro atoms. The first-order valence-electron chi connectivity index (χ1n) is 9.16. The van der Waals surface area contributed by atoms with Crippen molar-refractivity contribution < 1.29 is 26.8 Å². The summed E-state index contributed by atoms with van der Waals surface area (Å²) in [5.74, 6) is -1.17. The predicted octanol–water partition coefficient (Wildman–Crippen LogP) is 3.79. The van der Waals surface area contributed by atoms with Gasteiger partial charge in [0.05, 0.1) is 5.75 Å². The molecule has 2 aromatic rings. The second-order valence-electron chi connectivity index (χ2n) is 8.09. The SMILES string of the molecule is CC(C)C[C@@H](NC(=O)OC(C)(C)C)c1nnc(S(=O)(=O)Cc2ccccc2F)o1. The number of amides is 1. The highest BCUT2D eigenvalue weighted by Gasteiger charge is 2.29. The zero-order valence-corrected chi connectivity index (χ0v) is 17.9. The van der Waals surface area contributed by atoms with Crippen molar-refractivity contribution in [1.82, 2.24) is 15.5 Å². The number of ether oxygens (including phenoxy) is 1. The molecule has 1 N–H and O–H groups in total. The van der Waals surface area contributed by atoms with Crippen molar-refractivity contribution in [2.45, 2.75) is 63.7 Å². The van der Waals surface area contributed by atoms with Gasteiger partial charge in [-0.15, -0.1) is 5.10 Å². The van der Waals surface area contributed by atoms with E-state index in [0.29, 0.717) is 6.42 Å². The minimum atomic E-state index is -4.06. The van der Waals surface area contributed by atoms with Gasteiger partial charge in [0, 0.05) is 5.56 Å². The number of carbonyl (C=O) groups is 1. The van der Waals surface area contributed by atoms with Crippen LogP contribution in [0.3, 0.4) is 0 Å². The second kappa shape index (κ2) is 8.89. The lowest BCUT2D eigenvalue weighted by Crippen LogP contribution is -2.35. The molecule has 1 heterocycles. The lowest BCUT2D eigenvalue weighted by atomic mass is 10.0. The van der Waals surface area contributed by atoms with Crippen LogP contribution in [0.2, 0.25) is 0 Å². The smallest absolute Gasteiger partial charge is 0.408 e. The molecular formula is C19H26FN3O5S. The molecule has 0 radical (unpaired) electrons. The van der Waals surface area contributed by atoms with Gasteiger partial charge in [-0.1, -0.05) is 37.1 Å². The number of aromatic nitrogens is 2. The van der Waals surface area contributed by atoms with Crippen LogP contribution in [0.1, 0.15) is 58.5 Å². The molecule has 1 aromatic carbocycles. The Morgan fingerprint density at radius 3 is 2.48 bits per heavy atom. The number of sulfone groups is 1. The standard InChI is InChI=1S/C19H26FN3O5S/c1-12(2)10-15(21-17(24)28-19(3,4)5)16-22-23-18(27-16)29(25,26)11-13-8-6-7-9-14(13)20/h6-9,12,15H,10-11H2,1-5H3,(H,21,24)/t15-/m1/s1. The van der Waals surface area contributed by atoms with Crippen molar-refractivity contribution in [1.29, 1.82) is 0 Å². The Balaban J connectivity index is 2.23. The third kappa shape index (κ3) is 6.81. The molecule has 1 atom stereocenters. The maximum absolute atomic E-state index is 13.8. The normalized spacial score (nSPS) is 13.3. The maximum Gasteiger partial charge on any atom is 0.408 e. The zero-order chi connectivity index (χ0) is 21.8. The highest BCUT2D eigenvalue weighted by molar-refractivity contribution is 7.90. The van der Waals surface area contributed by atoms with Crippen LogP contribution in [0.4, 0.5) is 9.18 Å². The Kier molecular flexibility index (Phi) is 6.99. The fourth-order valence-electron chi connectivity index (χ4n) is 2.51. The van der Waals surface area contributed by atoms with Gasteiger partial charge in [0.25, 0.3) is 0 Å². The molecule has 0 fully saturated rings. The quantitative estimate of drug-likeness (QED) is 0.715. The van der Waals surface area contributed by atoms with Crippen LogP contribution < -0.4 is 5.32 Å². The van der Waals surface area contributed by atoms with E-state index in [2.05, 4.69) is 15.5 Å². The summed E-state index contributed by atoms with van der Waals surface area (Å²) in [6, 6.07) is 4.82. The molecule has 10 heteroatoms. The molecule has 0 saturated carbocycles. The van der Waals surface area contributed by atoms with Crippen molar-refractivity contribution in [3.8, 4) is 0 Å². The minimum absolute atomic E-state index is 0.00198. The van der Waals surface area contributed by atoms with Crippen LogP contribution in [0, 0.1) is 11.7 Å². The van der Waals surface area contributed by atoms with E-state index in [0.717, 1.165) is 0 Å². The van der Waals surface area contributed by atoms with E-state index < -0.39 is 44.4 Å². The highest BCUT2D eigenvalue weighted by Crippen LogP contribution is 2.24. The number of hydrogen-bond acceptors (Lipinski definition) is 7. The van der Waals surface area contributed by atoms with Crippen LogP contribution in [0.25, 0.3) is 0 Å². The average Bonchev–Trinajstić information content (AvgIpc) is 3.05. The molecule has 2 rings (SSSR count). The molecule has 1 amide bonds. The number of carbonyl (C=O) groups excluding carboxylic acids is 1. The molecular weight excluding hydrogens is 401 g/mol. The summed E-state index contributed by atoms with van der Waals surface area (Å²) in [4.78, 5) is 12.1. The van der Waals surface area contributed by atoms with Crippen molar-refractivity contribution >= 4 is 15.9 Å². The van der Waals surface area contributed by atoms with Crippen molar-refractivity contribution in [2.24, 2.45) is 5.92 Å². The zero-order valence-electron chi connectivity index (χ0n) is 17.1. The predicted molar refractivity (Wildman–Crippen MR) is 103 cm³/mol. The third-order valence-electron chi connectivity index (χ3n) is 3.69. The van der Waals surface area contributed by atoms with Gasteiger partial charge in [0.1, 0.15) is 17.5 Å². The Hall–Kier alpha value is -2.49. The van der Waals surface area contributed by atoms with E-state index in [1.165, 1.54) is 24.3 Å². The molecule has 0 bridgehead atoms. The highest BCUT2D eigenvalue weighted by atomic mass is 32.2. The molecule has 0 aliphatic carbocycles. The second-order valence-corrected chi connectivity index (χ2v) is 9.95. The van der Waals surface area contributed by atoms with Crippen LogP contribution >= 0.6 is 0 Å². The van der Waals surface area contributed by atoms with Crippen LogP contribution in [0.15, 0.2) is 33.9 Å². The van der Waals surface area contributed by atoms with Crippen molar-refractivity contribution in [3.05, 3.63) is 41.5 Å². The Morgan fingerprint density at radius 2 is 1.90 bits per heavy atom. The Labute approximate surface area is 169 Å². The first-order chi connectivity index (χ1) is 13.4. The molecule has 160 valence electrons. The number of rotatable bonds is 7. The third-order valence-corrected chi connectivity index (χ3v) is 5.08. The topological polar surface area (TPSA) is 111 Å². The Bertz CT molecular complexity index is 951. The van der Waals surface area contributed by atoms with Crippen molar-refractivity contribution in [2.75, 3.05) is 0 Å². The van der Waals surface area contributed by atoms with Gasteiger partial charge in [-0.05, 0) is 39.2 Å². The number of alkyl carbamates (subject to hydrolysis) is 1. The van der Waals surface area contributed by atoms with Gasteiger partial charge >= 0.3 is 11.3 Å². The lowest BCUT2D eigenvalue weighted by Gasteiger charge is -2.22. The van der Waals surface area contributed by atoms with Gasteiger partial charge in [-0.3, -0.25) is 0 Å². The van der Waals surface area contributed by atoms with E-state index >= 15 is 0 Å². The molecule has 8 nitrogen and oxygen atoms in total. The van der Waals surface area contributed by atoms with Gasteiger partial charge in [0.2, 0.25) is 15.7 Å². The van der Waals surface area contributed by atoms with Crippen LogP contribution in [-0.2, 0) is 20.3 Å². The van der Waals surface area contributed by atoms with E-state index in [1.54, 1.807) is 20.8 Å². The summed E-state index contributed by atoms with van der Waals surface area (Å²) in [6.45, 7) is 9.03. The van der Waals surface area contributed by atoms with E-state index in [9.17, 15) is 17.6 Å². The first-order valence-corrected chi connectivity index (χ1v) is 10.8. The summed E-state index contributed by atoms with van der Waals surface area (Å²) in [6.07, 6.45) is -0.258. The van der Waals surface area contributed by atoms with Gasteiger partial charge in [0.15, 0.2) is 0 Å². The molecule has 0 unspecified atom stereocenters. The molecule has 0 aliphatic heterocycles. The summed E-state index contributed by atoms with van der Waals surface area (Å²) in [7, 11) is -4.06. The van der Waals surface area contributed by atoms with Gasteiger partial charge < -0.3 is 14.5 Å². The summed E-state index contributed by atoms with van der Waals surface area (Å²) in [5, 5.41) is 9.40. The monoisotopic (exact) mass is 427 g/mol. The number of benzene rings is 1. The Morgan fingerprint density at radius 1 is 1.24 bits per heavy atom. The first kappa shape index (κ1) is 22.8. The van der Waals surface area contributed by atoms with E-state index in [-0.39, 0.29) is 17.4 Å². The van der Waals surface area contributed by atoms with Gasteiger partial charge in [-0.2, -0.15) is 0 Å². The van der Waals surface area contributed by atoms with E-state index in [1.807, 2.05) is 13.8 Å². The summed E-state index contributed by atoms with van der Waals surface area (Å²) in [5.41, 5.74) is -0.701. The number of halogens is 1. The number of hydrogen-bond donors (Lipinski definition) is 1. The molecule has 0 saturated heterocycles. The number of nitrogens with zero attached hydrogens (tertiary/aromatic N) is 2. The maximum atomic E-state index is 13.8. The largest absolute Gasteiger partial charge is 0.444 e. The summed E-state index contributed by atoms with van der Waals surface area (Å²) >= 11 is 0. The van der Waals surface area contributed by atoms with Gasteiger partial charge in [-0.25, -0.2) is 17.6 Å². The number of nitrogens with one attached hydrogen (secondary N) is 1. The van der Waals surface area contributed by atoms with Crippen molar-refractivity contribution in [3.63, 3.8) is 0 Å². The van der Waals surface area contributed by atoms with Crippen LogP contribution in [-0.4, -0.2) is 30.3 Å². The minimum Gasteiger partial charge on any atom is -0.444 e. The fraction of sp³-hybridized carbons (Fsp3) is 0.526. The molecule has 29 heavy (non-hydrogen) atoms.